The van der Waals surface area contributed by atoms with Crippen LogP contribution in [-0.2, 0) is 28.7 Å². The molecule has 0 aliphatic heterocycles. The second-order valence-electron chi connectivity index (χ2n) is 4.56. The molecule has 0 saturated carbocycles. The van der Waals surface area contributed by atoms with Gasteiger partial charge in [0.1, 0.15) is 13.2 Å². The van der Waals surface area contributed by atoms with Gasteiger partial charge in [0.25, 0.3) is 0 Å². The number of nitrogens with one attached hydrogen (secondary N) is 4. The molecular formula is C14H28N4O6. The Morgan fingerprint density at radius 2 is 1.33 bits per heavy atom. The summed E-state index contributed by atoms with van der Waals surface area (Å²) < 4.78 is 10.4. The molecule has 0 rings (SSSR count). The van der Waals surface area contributed by atoms with E-state index in [-0.39, 0.29) is 37.5 Å². The third-order valence-corrected chi connectivity index (χ3v) is 2.61. The molecule has 0 aliphatic carbocycles. The van der Waals surface area contributed by atoms with Crippen molar-refractivity contribution in [1.82, 2.24) is 21.4 Å². The van der Waals surface area contributed by atoms with E-state index >= 15 is 0 Å². The SMILES string of the molecule is CCC(=O)NCCOCCOCC(=O)NCCNC(=O)CONC. The second-order valence-corrected chi connectivity index (χ2v) is 4.56. The highest BCUT2D eigenvalue weighted by Gasteiger charge is 2.03. The molecule has 0 spiro atoms. The van der Waals surface area contributed by atoms with Gasteiger partial charge in [0.05, 0.1) is 19.8 Å². The number of hydroxylamine groups is 1. The molecule has 0 radical (unpaired) electrons. The van der Waals surface area contributed by atoms with Gasteiger partial charge in [-0.1, -0.05) is 6.92 Å². The molecule has 0 aromatic heterocycles. The Balaban J connectivity index is 3.32. The van der Waals surface area contributed by atoms with E-state index in [1.807, 2.05) is 0 Å². The highest BCUT2D eigenvalue weighted by Crippen LogP contribution is 1.80. The van der Waals surface area contributed by atoms with Crippen LogP contribution in [0.4, 0.5) is 0 Å². The summed E-state index contributed by atoms with van der Waals surface area (Å²) in [6.07, 6.45) is 0.450. The van der Waals surface area contributed by atoms with E-state index in [2.05, 4.69) is 26.3 Å². The first kappa shape index (κ1) is 22.2. The van der Waals surface area contributed by atoms with Crippen LogP contribution >= 0.6 is 0 Å². The van der Waals surface area contributed by atoms with Crippen molar-refractivity contribution in [3.63, 3.8) is 0 Å². The fourth-order valence-corrected chi connectivity index (χ4v) is 1.42. The zero-order valence-electron chi connectivity index (χ0n) is 14.3. The molecular weight excluding hydrogens is 320 g/mol. The number of ether oxygens (including phenoxy) is 2. The molecule has 0 fully saturated rings. The summed E-state index contributed by atoms with van der Waals surface area (Å²) in [5.41, 5.74) is 2.38. The van der Waals surface area contributed by atoms with Crippen molar-refractivity contribution in [2.24, 2.45) is 0 Å². The van der Waals surface area contributed by atoms with Gasteiger partial charge in [0, 0.05) is 33.1 Å². The normalized spacial score (nSPS) is 10.2. The maximum Gasteiger partial charge on any atom is 0.248 e. The van der Waals surface area contributed by atoms with Crippen LogP contribution < -0.4 is 21.4 Å². The number of amides is 3. The molecule has 0 aromatic rings. The van der Waals surface area contributed by atoms with Gasteiger partial charge >= 0.3 is 0 Å². The molecule has 10 nitrogen and oxygen atoms in total. The zero-order chi connectivity index (χ0) is 18.0. The lowest BCUT2D eigenvalue weighted by molar-refractivity contribution is -0.129. The van der Waals surface area contributed by atoms with Crippen LogP contribution in [0.2, 0.25) is 0 Å². The second kappa shape index (κ2) is 16.1. The van der Waals surface area contributed by atoms with Crippen molar-refractivity contribution in [1.29, 1.82) is 0 Å². The first-order valence-electron chi connectivity index (χ1n) is 7.84. The predicted molar refractivity (Wildman–Crippen MR) is 86.0 cm³/mol. The third-order valence-electron chi connectivity index (χ3n) is 2.61. The molecule has 0 saturated heterocycles. The smallest absolute Gasteiger partial charge is 0.248 e. The van der Waals surface area contributed by atoms with Gasteiger partial charge in [0.15, 0.2) is 0 Å². The van der Waals surface area contributed by atoms with Crippen LogP contribution in [0.25, 0.3) is 0 Å². The Bertz CT molecular complexity index is 367. The average Bonchev–Trinajstić information content (AvgIpc) is 2.58. The van der Waals surface area contributed by atoms with Crippen LogP contribution in [0.15, 0.2) is 0 Å². The topological polar surface area (TPSA) is 127 Å². The van der Waals surface area contributed by atoms with Crippen molar-refractivity contribution < 1.29 is 28.7 Å². The summed E-state index contributed by atoms with van der Waals surface area (Å²) >= 11 is 0. The molecule has 0 aliphatic rings. The summed E-state index contributed by atoms with van der Waals surface area (Å²) in [5, 5.41) is 7.85. The average molecular weight is 348 g/mol. The molecule has 3 amide bonds. The Morgan fingerprint density at radius 3 is 1.96 bits per heavy atom. The lowest BCUT2D eigenvalue weighted by Gasteiger charge is -2.08. The minimum Gasteiger partial charge on any atom is -0.377 e. The largest absolute Gasteiger partial charge is 0.377 e. The molecule has 10 heteroatoms. The number of hydrogen-bond acceptors (Lipinski definition) is 7. The molecule has 0 unspecified atom stereocenters. The van der Waals surface area contributed by atoms with Crippen LogP contribution in [0, 0.1) is 0 Å². The van der Waals surface area contributed by atoms with E-state index in [0.29, 0.717) is 39.3 Å². The Morgan fingerprint density at radius 1 is 0.750 bits per heavy atom. The monoisotopic (exact) mass is 348 g/mol. The van der Waals surface area contributed by atoms with Crippen molar-refractivity contribution in [2.75, 3.05) is 59.7 Å². The van der Waals surface area contributed by atoms with Gasteiger partial charge in [-0.15, -0.1) is 0 Å². The number of carbonyl (C=O) groups is 3. The van der Waals surface area contributed by atoms with Crippen LogP contribution in [0.1, 0.15) is 13.3 Å². The summed E-state index contributed by atoms with van der Waals surface area (Å²) in [5.74, 6) is -0.565. The van der Waals surface area contributed by atoms with Gasteiger partial charge in [-0.3, -0.25) is 19.2 Å². The first-order valence-corrected chi connectivity index (χ1v) is 7.84. The molecule has 4 N–H and O–H groups in total. The van der Waals surface area contributed by atoms with E-state index in [4.69, 9.17) is 9.47 Å². The molecule has 0 aromatic carbocycles. The van der Waals surface area contributed by atoms with E-state index < -0.39 is 0 Å². The highest BCUT2D eigenvalue weighted by atomic mass is 16.6. The zero-order valence-corrected chi connectivity index (χ0v) is 14.3. The van der Waals surface area contributed by atoms with Gasteiger partial charge in [-0.25, -0.2) is 5.48 Å². The Labute approximate surface area is 141 Å². The van der Waals surface area contributed by atoms with Gasteiger partial charge in [-0.2, -0.15) is 0 Å². The number of hydrogen-bond donors (Lipinski definition) is 4. The predicted octanol–water partition coefficient (Wildman–Crippen LogP) is -2.07. The fraction of sp³-hybridized carbons (Fsp3) is 0.786. The van der Waals surface area contributed by atoms with Gasteiger partial charge in [-0.05, 0) is 0 Å². The van der Waals surface area contributed by atoms with Crippen molar-refractivity contribution in [3.05, 3.63) is 0 Å². The first-order chi connectivity index (χ1) is 11.6. The molecule has 0 bridgehead atoms. The van der Waals surface area contributed by atoms with E-state index in [1.165, 1.54) is 0 Å². The van der Waals surface area contributed by atoms with E-state index in [0.717, 1.165) is 0 Å². The number of rotatable bonds is 15. The van der Waals surface area contributed by atoms with Crippen molar-refractivity contribution in [2.45, 2.75) is 13.3 Å². The standard InChI is InChI=1S/C14H28N4O6/c1-3-12(19)18-6-7-22-8-9-23-10-13(20)16-4-5-17-14(21)11-24-15-2/h15H,3-11H2,1-2H3,(H,16,20)(H,17,21)(H,18,19). The van der Waals surface area contributed by atoms with Crippen LogP contribution in [0.3, 0.4) is 0 Å². The molecule has 24 heavy (non-hydrogen) atoms. The Hall–Kier alpha value is -1.75. The molecule has 0 atom stereocenters. The van der Waals surface area contributed by atoms with Gasteiger partial charge in [0.2, 0.25) is 17.7 Å². The lowest BCUT2D eigenvalue weighted by Crippen LogP contribution is -2.38. The van der Waals surface area contributed by atoms with Crippen LogP contribution in [0.5, 0.6) is 0 Å². The molecule has 140 valence electrons. The summed E-state index contributed by atoms with van der Waals surface area (Å²) in [6.45, 7) is 3.72. The quantitative estimate of drug-likeness (QED) is 0.198. The summed E-state index contributed by atoms with van der Waals surface area (Å²) in [4.78, 5) is 38.2. The van der Waals surface area contributed by atoms with Crippen LogP contribution in [-0.4, -0.2) is 77.4 Å². The van der Waals surface area contributed by atoms with Crippen molar-refractivity contribution >= 4 is 17.7 Å². The summed E-state index contributed by atoms with van der Waals surface area (Å²) in [7, 11) is 1.56. The lowest BCUT2D eigenvalue weighted by atomic mass is 10.4. The highest BCUT2D eigenvalue weighted by molar-refractivity contribution is 5.78. The molecule has 0 heterocycles. The maximum atomic E-state index is 11.4. The minimum atomic E-state index is -0.276. The maximum absolute atomic E-state index is 11.4. The van der Waals surface area contributed by atoms with E-state index in [9.17, 15) is 14.4 Å². The van der Waals surface area contributed by atoms with E-state index in [1.54, 1.807) is 14.0 Å². The van der Waals surface area contributed by atoms with Crippen molar-refractivity contribution in [3.8, 4) is 0 Å². The summed E-state index contributed by atoms with van der Waals surface area (Å²) in [6, 6.07) is 0. The van der Waals surface area contributed by atoms with Gasteiger partial charge < -0.3 is 25.4 Å². The third kappa shape index (κ3) is 15.2. The fourth-order valence-electron chi connectivity index (χ4n) is 1.42. The number of carbonyl (C=O) groups excluding carboxylic acids is 3. The minimum absolute atomic E-state index is 0.0164. The Kier molecular flexibility index (Phi) is 14.9.